The number of hydrogen-bond acceptors (Lipinski definition) is 7. The van der Waals surface area contributed by atoms with Crippen LogP contribution in [0.4, 0.5) is 0 Å². The monoisotopic (exact) mass is 448 g/mol. The summed E-state index contributed by atoms with van der Waals surface area (Å²) in [6.45, 7) is 5.61. The number of halogens is 1. The van der Waals surface area contributed by atoms with E-state index in [0.29, 0.717) is 54.8 Å². The topological polar surface area (TPSA) is 80.0 Å². The number of ether oxygens (including phenoxy) is 1. The number of aromatic hydroxyl groups is 1. The normalized spacial score (nSPS) is 16.8. The van der Waals surface area contributed by atoms with Crippen molar-refractivity contribution in [2.45, 2.75) is 39.2 Å². The van der Waals surface area contributed by atoms with Crippen molar-refractivity contribution >= 4 is 33.9 Å². The predicted octanol–water partition coefficient (Wildman–Crippen LogP) is 4.08. The molecule has 7 nitrogen and oxygen atoms in total. The molecule has 1 atom stereocenters. The van der Waals surface area contributed by atoms with Crippen LogP contribution in [0, 0.1) is 5.92 Å². The van der Waals surface area contributed by atoms with Gasteiger partial charge in [-0.2, -0.15) is 4.52 Å². The molecule has 0 radical (unpaired) electrons. The Morgan fingerprint density at radius 3 is 2.70 bits per heavy atom. The van der Waals surface area contributed by atoms with Gasteiger partial charge in [0.05, 0.1) is 23.4 Å². The van der Waals surface area contributed by atoms with Crippen molar-refractivity contribution in [1.29, 1.82) is 0 Å². The number of aryl methyl sites for hydroxylation is 1. The largest absolute Gasteiger partial charge is 0.492 e. The minimum atomic E-state index is -0.236. The van der Waals surface area contributed by atoms with Crippen LogP contribution in [0.3, 0.4) is 0 Å². The van der Waals surface area contributed by atoms with E-state index in [-0.39, 0.29) is 23.8 Å². The van der Waals surface area contributed by atoms with E-state index in [4.69, 9.17) is 16.3 Å². The Morgan fingerprint density at radius 2 is 2.07 bits per heavy atom. The van der Waals surface area contributed by atoms with Gasteiger partial charge in [-0.05, 0) is 44.5 Å². The lowest BCUT2D eigenvalue weighted by Crippen LogP contribution is -2.39. The highest BCUT2D eigenvalue weighted by molar-refractivity contribution is 7.17. The summed E-state index contributed by atoms with van der Waals surface area (Å²) in [5.41, 5.74) is 0.921. The third kappa shape index (κ3) is 3.91. The van der Waals surface area contributed by atoms with Crippen LogP contribution in [0.15, 0.2) is 24.3 Å². The summed E-state index contributed by atoms with van der Waals surface area (Å²) in [4.78, 5) is 20.3. The molecule has 30 heavy (non-hydrogen) atoms. The average Bonchev–Trinajstić information content (AvgIpc) is 3.29. The summed E-state index contributed by atoms with van der Waals surface area (Å²) in [6.07, 6.45) is 2.13. The molecular weight excluding hydrogens is 424 g/mol. The first-order valence-corrected chi connectivity index (χ1v) is 11.4. The van der Waals surface area contributed by atoms with Gasteiger partial charge >= 0.3 is 5.97 Å². The first-order chi connectivity index (χ1) is 14.5. The zero-order chi connectivity index (χ0) is 21.3. The fourth-order valence-corrected chi connectivity index (χ4v) is 5.34. The molecule has 1 aromatic carbocycles. The highest BCUT2D eigenvalue weighted by Crippen LogP contribution is 2.43. The summed E-state index contributed by atoms with van der Waals surface area (Å²) in [7, 11) is 0. The Balaban J connectivity index is 1.69. The molecule has 0 spiro atoms. The van der Waals surface area contributed by atoms with Gasteiger partial charge in [0, 0.05) is 11.4 Å². The van der Waals surface area contributed by atoms with Gasteiger partial charge in [0.1, 0.15) is 0 Å². The summed E-state index contributed by atoms with van der Waals surface area (Å²) in [6, 6.07) is 7.45. The molecule has 2 aromatic heterocycles. The van der Waals surface area contributed by atoms with Gasteiger partial charge in [-0.3, -0.25) is 9.69 Å². The van der Waals surface area contributed by atoms with Crippen LogP contribution in [0.1, 0.15) is 49.0 Å². The maximum Gasteiger partial charge on any atom is 0.309 e. The molecule has 1 saturated heterocycles. The summed E-state index contributed by atoms with van der Waals surface area (Å²) >= 11 is 7.99. The number of hydrogen-bond donors (Lipinski definition) is 1. The SMILES string of the molecule is CCOC(=O)C1CCN([C@@H](c2ccccc2Cl)c2sc3nc(CC)nn3c2O)CC1. The zero-order valence-electron chi connectivity index (χ0n) is 17.0. The molecule has 0 aliphatic carbocycles. The molecule has 9 heteroatoms. The lowest BCUT2D eigenvalue weighted by molar-refractivity contribution is -0.149. The van der Waals surface area contributed by atoms with Gasteiger partial charge < -0.3 is 9.84 Å². The molecule has 3 heterocycles. The second-order valence-electron chi connectivity index (χ2n) is 7.35. The van der Waals surface area contributed by atoms with Crippen molar-refractivity contribution in [2.75, 3.05) is 19.7 Å². The Kier molecular flexibility index (Phi) is 6.26. The van der Waals surface area contributed by atoms with E-state index in [1.807, 2.05) is 38.1 Å². The highest BCUT2D eigenvalue weighted by atomic mass is 35.5. The fourth-order valence-electron chi connectivity index (χ4n) is 3.97. The van der Waals surface area contributed by atoms with Crippen LogP contribution in [0.5, 0.6) is 5.88 Å². The number of aromatic nitrogens is 3. The Bertz CT molecular complexity index is 1040. The average molecular weight is 449 g/mol. The highest BCUT2D eigenvalue weighted by Gasteiger charge is 2.35. The summed E-state index contributed by atoms with van der Waals surface area (Å²) in [5.74, 6) is 0.587. The molecular formula is C21H25ClN4O3S. The molecule has 1 fully saturated rings. The number of carbonyl (C=O) groups excluding carboxylic acids is 1. The summed E-state index contributed by atoms with van der Waals surface area (Å²) < 4.78 is 6.71. The quantitative estimate of drug-likeness (QED) is 0.572. The maximum atomic E-state index is 12.1. The van der Waals surface area contributed by atoms with E-state index in [9.17, 15) is 9.90 Å². The van der Waals surface area contributed by atoms with Crippen molar-refractivity contribution in [3.8, 4) is 5.88 Å². The van der Waals surface area contributed by atoms with Crippen molar-refractivity contribution < 1.29 is 14.6 Å². The van der Waals surface area contributed by atoms with Gasteiger partial charge in [-0.15, -0.1) is 5.10 Å². The lowest BCUT2D eigenvalue weighted by atomic mass is 9.93. The summed E-state index contributed by atoms with van der Waals surface area (Å²) in [5, 5.41) is 16.0. The lowest BCUT2D eigenvalue weighted by Gasteiger charge is -2.36. The number of fused-ring (bicyclic) bond motifs is 1. The fraction of sp³-hybridized carbons (Fsp3) is 0.476. The van der Waals surface area contributed by atoms with E-state index in [0.717, 1.165) is 10.4 Å². The van der Waals surface area contributed by atoms with Crippen LogP contribution in [-0.4, -0.2) is 50.3 Å². The van der Waals surface area contributed by atoms with Gasteiger partial charge in [-0.25, -0.2) is 4.98 Å². The van der Waals surface area contributed by atoms with Crippen LogP contribution < -0.4 is 0 Å². The van der Waals surface area contributed by atoms with E-state index in [2.05, 4.69) is 15.0 Å². The van der Waals surface area contributed by atoms with Crippen molar-refractivity contribution in [3.63, 3.8) is 0 Å². The molecule has 0 unspecified atom stereocenters. The molecule has 1 aliphatic heterocycles. The molecule has 4 rings (SSSR count). The first kappa shape index (κ1) is 21.1. The maximum absolute atomic E-state index is 12.1. The zero-order valence-corrected chi connectivity index (χ0v) is 18.6. The number of esters is 1. The van der Waals surface area contributed by atoms with Crippen molar-refractivity contribution in [3.05, 3.63) is 45.6 Å². The number of thiazole rings is 1. The van der Waals surface area contributed by atoms with E-state index < -0.39 is 0 Å². The number of benzene rings is 1. The molecule has 1 N–H and O–H groups in total. The van der Waals surface area contributed by atoms with E-state index in [1.165, 1.54) is 15.9 Å². The number of rotatable bonds is 6. The Morgan fingerprint density at radius 1 is 1.33 bits per heavy atom. The number of likely N-dealkylation sites (tertiary alicyclic amines) is 1. The molecule has 1 aliphatic rings. The first-order valence-electron chi connectivity index (χ1n) is 10.3. The van der Waals surface area contributed by atoms with E-state index >= 15 is 0 Å². The van der Waals surface area contributed by atoms with Gasteiger partial charge in [0.15, 0.2) is 5.82 Å². The Labute approximate surface area is 184 Å². The molecule has 160 valence electrons. The van der Waals surface area contributed by atoms with Crippen LogP contribution >= 0.6 is 22.9 Å². The standard InChI is InChI=1S/C21H25ClN4O3S/c1-3-16-23-21-26(24-16)19(27)18(30-21)17(14-7-5-6-8-15(14)22)25-11-9-13(10-12-25)20(28)29-4-2/h5-8,13,17,27H,3-4,9-12H2,1-2H3/t17-/m0/s1. The van der Waals surface area contributed by atoms with Gasteiger partial charge in [0.2, 0.25) is 10.8 Å². The third-order valence-corrected chi connectivity index (χ3v) is 6.94. The molecule has 0 saturated carbocycles. The van der Waals surface area contributed by atoms with Crippen LogP contribution in [0.25, 0.3) is 4.96 Å². The van der Waals surface area contributed by atoms with Crippen LogP contribution in [-0.2, 0) is 16.0 Å². The number of carbonyl (C=O) groups is 1. The smallest absolute Gasteiger partial charge is 0.309 e. The number of piperidine rings is 1. The van der Waals surface area contributed by atoms with E-state index in [1.54, 1.807) is 0 Å². The second-order valence-corrected chi connectivity index (χ2v) is 8.77. The minimum Gasteiger partial charge on any atom is -0.492 e. The minimum absolute atomic E-state index is 0.0869. The molecule has 0 amide bonds. The third-order valence-electron chi connectivity index (χ3n) is 5.52. The molecule has 3 aromatic rings. The van der Waals surface area contributed by atoms with Crippen LogP contribution in [0.2, 0.25) is 5.02 Å². The van der Waals surface area contributed by atoms with Crippen molar-refractivity contribution in [1.82, 2.24) is 19.5 Å². The second kappa shape index (κ2) is 8.91. The Hall–Kier alpha value is -2.16. The predicted molar refractivity (Wildman–Crippen MR) is 116 cm³/mol. The number of nitrogens with zero attached hydrogens (tertiary/aromatic N) is 4. The van der Waals surface area contributed by atoms with Gasteiger partial charge in [0.25, 0.3) is 0 Å². The van der Waals surface area contributed by atoms with Crippen molar-refractivity contribution in [2.24, 2.45) is 5.92 Å². The van der Waals surface area contributed by atoms with Gasteiger partial charge in [-0.1, -0.05) is 48.1 Å². The molecule has 0 bridgehead atoms.